The highest BCUT2D eigenvalue weighted by molar-refractivity contribution is 6.21. The number of carbonyl (C=O) groups is 4. The van der Waals surface area contributed by atoms with Crippen LogP contribution in [0.4, 0.5) is 0 Å². The zero-order valence-electron chi connectivity index (χ0n) is 23.8. The van der Waals surface area contributed by atoms with Gasteiger partial charge in [-0.2, -0.15) is 0 Å². The molecule has 13 heteroatoms. The molecule has 0 spiro atoms. The molecule has 41 heavy (non-hydrogen) atoms. The van der Waals surface area contributed by atoms with Crippen LogP contribution in [0, 0.1) is 0 Å². The first-order valence-electron chi connectivity index (χ1n) is 13.7. The molecule has 1 aliphatic rings. The van der Waals surface area contributed by atoms with E-state index in [1.165, 1.54) is 25.1 Å². The maximum absolute atomic E-state index is 13.2. The van der Waals surface area contributed by atoms with Crippen LogP contribution in [0.1, 0.15) is 83.6 Å². The number of phenolic OH excluding ortho intramolecular Hbond substituents is 2. The van der Waals surface area contributed by atoms with E-state index in [4.69, 9.17) is 41.0 Å². The summed E-state index contributed by atoms with van der Waals surface area (Å²) in [6.07, 6.45) is -3.96. The normalized spacial score (nSPS) is 22.6. The number of hydrogen-bond acceptors (Lipinski definition) is 12. The minimum Gasteiger partial charge on any atom is -0.504 e. The highest BCUT2D eigenvalue weighted by atomic mass is 35.5. The molecule has 1 aromatic rings. The number of phenols is 2. The fourth-order valence-electron chi connectivity index (χ4n) is 4.02. The Hall–Kier alpha value is -3.09. The molecule has 0 radical (unpaired) electrons. The van der Waals surface area contributed by atoms with Crippen LogP contribution in [0.2, 0.25) is 0 Å². The summed E-state index contributed by atoms with van der Waals surface area (Å²) in [4.78, 5) is 50.6. The first kappa shape index (κ1) is 34.1. The second-order valence-electron chi connectivity index (χ2n) is 10.1. The lowest BCUT2D eigenvalue weighted by molar-refractivity contribution is -0.277. The molecule has 3 unspecified atom stereocenters. The van der Waals surface area contributed by atoms with Gasteiger partial charge in [0.1, 0.15) is 5.54 Å². The van der Waals surface area contributed by atoms with Crippen LogP contribution >= 0.6 is 11.6 Å². The summed E-state index contributed by atoms with van der Waals surface area (Å²) in [5, 5.41) is 18.5. The second kappa shape index (κ2) is 15.8. The minimum atomic E-state index is -1.69. The molecule has 230 valence electrons. The van der Waals surface area contributed by atoms with Crippen molar-refractivity contribution >= 4 is 35.5 Å². The smallest absolute Gasteiger partial charge is 0.328 e. The van der Waals surface area contributed by atoms with Crippen molar-refractivity contribution in [3.8, 4) is 11.5 Å². The van der Waals surface area contributed by atoms with E-state index >= 15 is 0 Å². The van der Waals surface area contributed by atoms with E-state index in [0.29, 0.717) is 24.8 Å². The number of hydrogen-bond donors (Lipinski definition) is 3. The number of rotatable bonds is 14. The highest BCUT2D eigenvalue weighted by Gasteiger charge is 2.50. The molecule has 0 bridgehead atoms. The zero-order chi connectivity index (χ0) is 30.7. The second-order valence-corrected chi connectivity index (χ2v) is 10.7. The van der Waals surface area contributed by atoms with Crippen LogP contribution in [-0.2, 0) is 42.9 Å². The summed E-state index contributed by atoms with van der Waals surface area (Å²) in [6, 6.07) is 3.97. The molecular weight excluding hydrogens is 562 g/mol. The third kappa shape index (κ3) is 10.0. The quantitative estimate of drug-likeness (QED) is 0.122. The van der Waals surface area contributed by atoms with Gasteiger partial charge in [0.15, 0.2) is 23.7 Å². The molecule has 0 aliphatic carbocycles. The fourth-order valence-corrected chi connectivity index (χ4v) is 4.48. The maximum atomic E-state index is 13.2. The van der Waals surface area contributed by atoms with Crippen molar-refractivity contribution in [3.05, 3.63) is 23.8 Å². The van der Waals surface area contributed by atoms with Gasteiger partial charge in [-0.1, -0.05) is 26.8 Å². The van der Waals surface area contributed by atoms with Gasteiger partial charge in [-0.05, 0) is 50.3 Å². The fraction of sp³-hybridized carbons (Fsp3) is 0.643. The van der Waals surface area contributed by atoms with Gasteiger partial charge in [0.2, 0.25) is 12.4 Å². The van der Waals surface area contributed by atoms with Gasteiger partial charge < -0.3 is 39.6 Å². The van der Waals surface area contributed by atoms with E-state index < -0.39 is 59.4 Å². The molecule has 2 rings (SSSR count). The average molecular weight is 602 g/mol. The topological polar surface area (TPSA) is 181 Å². The van der Waals surface area contributed by atoms with Gasteiger partial charge in [0.25, 0.3) is 0 Å². The van der Waals surface area contributed by atoms with Crippen molar-refractivity contribution in [2.45, 2.75) is 108 Å². The molecule has 0 saturated carbocycles. The number of ether oxygens (including phenoxy) is 5. The Balaban J connectivity index is 2.30. The molecule has 12 nitrogen and oxygen atoms in total. The highest BCUT2D eigenvalue weighted by Crippen LogP contribution is 2.35. The predicted octanol–water partition coefficient (Wildman–Crippen LogP) is 3.52. The SMILES string of the molecule is CCCC(=O)O[C@H]1[C@H](OC(=O)CCC)COC(OC(=O)C(C)(N)CC(Cl)c2ccc(O)c(O)c2)[C@@H]1OC(=O)CCC. The summed E-state index contributed by atoms with van der Waals surface area (Å²) in [7, 11) is 0. The van der Waals surface area contributed by atoms with Gasteiger partial charge in [0, 0.05) is 19.3 Å². The van der Waals surface area contributed by atoms with Crippen LogP contribution in [0.5, 0.6) is 11.5 Å². The van der Waals surface area contributed by atoms with E-state index in [1.807, 2.05) is 0 Å². The first-order chi connectivity index (χ1) is 19.3. The van der Waals surface area contributed by atoms with Crippen molar-refractivity contribution < 1.29 is 53.1 Å². The molecule has 0 amide bonds. The Morgan fingerprint density at radius 2 is 1.46 bits per heavy atom. The Morgan fingerprint density at radius 3 is 2.00 bits per heavy atom. The molecule has 1 fully saturated rings. The van der Waals surface area contributed by atoms with Crippen LogP contribution in [0.25, 0.3) is 0 Å². The van der Waals surface area contributed by atoms with Crippen molar-refractivity contribution in [2.24, 2.45) is 5.73 Å². The van der Waals surface area contributed by atoms with E-state index in [-0.39, 0.29) is 43.8 Å². The van der Waals surface area contributed by atoms with Crippen LogP contribution in [0.3, 0.4) is 0 Å². The van der Waals surface area contributed by atoms with Crippen LogP contribution in [-0.4, -0.2) is 70.8 Å². The summed E-state index contributed by atoms with van der Waals surface area (Å²) < 4.78 is 27.9. The molecule has 1 aromatic carbocycles. The van der Waals surface area contributed by atoms with E-state index in [9.17, 15) is 29.4 Å². The summed E-state index contributed by atoms with van der Waals surface area (Å²) in [6.45, 7) is 6.40. The van der Waals surface area contributed by atoms with E-state index in [1.54, 1.807) is 20.8 Å². The number of nitrogens with two attached hydrogens (primary N) is 1. The lowest BCUT2D eigenvalue weighted by Crippen LogP contribution is -2.60. The van der Waals surface area contributed by atoms with E-state index in [2.05, 4.69) is 0 Å². The van der Waals surface area contributed by atoms with Crippen molar-refractivity contribution in [1.82, 2.24) is 0 Å². The Morgan fingerprint density at radius 1 is 0.927 bits per heavy atom. The third-order valence-electron chi connectivity index (χ3n) is 6.22. The number of carbonyl (C=O) groups excluding carboxylic acids is 4. The van der Waals surface area contributed by atoms with Crippen molar-refractivity contribution in [2.75, 3.05) is 6.61 Å². The Kier molecular flexibility index (Phi) is 13.1. The van der Waals surface area contributed by atoms with Crippen LogP contribution < -0.4 is 5.73 Å². The summed E-state index contributed by atoms with van der Waals surface area (Å²) >= 11 is 6.45. The molecule has 1 heterocycles. The average Bonchev–Trinajstić information content (AvgIpc) is 2.89. The van der Waals surface area contributed by atoms with Gasteiger partial charge >= 0.3 is 23.9 Å². The number of esters is 4. The zero-order valence-corrected chi connectivity index (χ0v) is 24.6. The number of benzene rings is 1. The number of halogens is 1. The Labute approximate surface area is 244 Å². The molecule has 4 N–H and O–H groups in total. The lowest BCUT2D eigenvalue weighted by Gasteiger charge is -2.41. The number of alkyl halides is 1. The molecule has 1 aliphatic heterocycles. The monoisotopic (exact) mass is 601 g/mol. The lowest BCUT2D eigenvalue weighted by atomic mass is 9.93. The third-order valence-corrected chi connectivity index (χ3v) is 6.62. The molecule has 0 aromatic heterocycles. The van der Waals surface area contributed by atoms with Crippen LogP contribution in [0.15, 0.2) is 18.2 Å². The summed E-state index contributed by atoms with van der Waals surface area (Å²) in [5.41, 5.74) is 4.97. The molecular formula is C28H40ClNO11. The van der Waals surface area contributed by atoms with Gasteiger partial charge in [-0.15, -0.1) is 11.6 Å². The van der Waals surface area contributed by atoms with E-state index in [0.717, 1.165) is 0 Å². The van der Waals surface area contributed by atoms with Gasteiger partial charge in [0.05, 0.1) is 12.0 Å². The van der Waals surface area contributed by atoms with Gasteiger partial charge in [-0.3, -0.25) is 14.4 Å². The minimum absolute atomic E-state index is 0.0229. The molecule has 1 saturated heterocycles. The molecule has 6 atom stereocenters. The van der Waals surface area contributed by atoms with Crippen molar-refractivity contribution in [1.29, 1.82) is 0 Å². The maximum Gasteiger partial charge on any atom is 0.328 e. The predicted molar refractivity (Wildman–Crippen MR) is 146 cm³/mol. The first-order valence-corrected chi connectivity index (χ1v) is 14.1. The van der Waals surface area contributed by atoms with Gasteiger partial charge in [-0.25, -0.2) is 4.79 Å². The summed E-state index contributed by atoms with van der Waals surface area (Å²) in [5.74, 6) is -3.54. The number of aromatic hydroxyl groups is 2. The van der Waals surface area contributed by atoms with Crippen molar-refractivity contribution in [3.63, 3.8) is 0 Å². The Bertz CT molecular complexity index is 1060. The largest absolute Gasteiger partial charge is 0.504 e. The standard InChI is InChI=1S/C28H40ClNO11/c1-5-8-21(33)38-20-15-37-26(25(40-23(35)10-7-3)24(20)39-22(34)9-6-2)41-27(36)28(4,30)14-17(29)16-11-12-18(31)19(32)13-16/h11-13,17,20,24-26,31-32H,5-10,14-15,30H2,1-4H3/t17?,20-,24+,25-,26?,28?/m1/s1.